The van der Waals surface area contributed by atoms with Gasteiger partial charge in [-0.15, -0.1) is 0 Å². The van der Waals surface area contributed by atoms with Gasteiger partial charge in [-0.1, -0.05) is 18.5 Å². The predicted octanol–water partition coefficient (Wildman–Crippen LogP) is 0.191. The highest BCUT2D eigenvalue weighted by molar-refractivity contribution is 6.33. The molecule has 3 aliphatic carbocycles. The van der Waals surface area contributed by atoms with Gasteiger partial charge in [0.25, 0.3) is 5.91 Å². The van der Waals surface area contributed by atoms with Crippen LogP contribution in [0.5, 0.6) is 5.75 Å². The van der Waals surface area contributed by atoms with Crippen LogP contribution in [-0.2, 0) is 14.4 Å². The van der Waals surface area contributed by atoms with Crippen molar-refractivity contribution in [1.82, 2.24) is 0 Å². The standard InChI is InChI=1S/C20H19ClN2O8/c1-4-5-2-7(21)13(22)16(27)10(5)15(26)12-9(4)14(25)6-3-8(24)11(19(23)30)17(28)20(6,31)18(12)29/h2,4,6,9,14,25-28,31H,3,22H2,1H3,(H2,23,30)/t4?,6-,9-,14?,20-/m1/s1. The van der Waals surface area contributed by atoms with E-state index in [2.05, 4.69) is 0 Å². The molecule has 9 N–H and O–H groups in total. The number of phenolic OH excluding ortho intramolecular Hbond substituents is 1. The van der Waals surface area contributed by atoms with E-state index in [1.54, 1.807) is 6.92 Å². The molecule has 0 heterocycles. The summed E-state index contributed by atoms with van der Waals surface area (Å²) in [6.45, 7) is 1.60. The maximum Gasteiger partial charge on any atom is 0.255 e. The number of fused-ring (bicyclic) bond motifs is 3. The van der Waals surface area contributed by atoms with Crippen molar-refractivity contribution in [2.24, 2.45) is 17.6 Å². The third-order valence-electron chi connectivity index (χ3n) is 6.61. The van der Waals surface area contributed by atoms with Crippen molar-refractivity contribution in [3.05, 3.63) is 39.1 Å². The first-order valence-electron chi connectivity index (χ1n) is 9.31. The number of benzene rings is 1. The Morgan fingerprint density at radius 3 is 2.45 bits per heavy atom. The highest BCUT2D eigenvalue weighted by Gasteiger charge is 2.64. The molecule has 0 spiro atoms. The molecule has 11 heteroatoms. The van der Waals surface area contributed by atoms with Crippen LogP contribution in [0, 0.1) is 11.8 Å². The molecule has 1 amide bonds. The molecule has 3 aliphatic rings. The number of halogens is 1. The number of primary amides is 1. The molecular formula is C20H19ClN2O8. The van der Waals surface area contributed by atoms with Gasteiger partial charge in [-0.2, -0.15) is 0 Å². The molecule has 164 valence electrons. The summed E-state index contributed by atoms with van der Waals surface area (Å²) in [5.41, 5.74) is 6.40. The van der Waals surface area contributed by atoms with E-state index < -0.39 is 81.8 Å². The van der Waals surface area contributed by atoms with E-state index in [4.69, 9.17) is 23.1 Å². The second-order valence-electron chi connectivity index (χ2n) is 8.07. The highest BCUT2D eigenvalue weighted by atomic mass is 35.5. The summed E-state index contributed by atoms with van der Waals surface area (Å²) in [7, 11) is 0. The van der Waals surface area contributed by atoms with Crippen LogP contribution < -0.4 is 11.5 Å². The summed E-state index contributed by atoms with van der Waals surface area (Å²) < 4.78 is 0. The third kappa shape index (κ3) is 2.43. The number of ketones is 2. The highest BCUT2D eigenvalue weighted by Crippen LogP contribution is 2.56. The number of nitrogens with two attached hydrogens (primary N) is 2. The van der Waals surface area contributed by atoms with Gasteiger partial charge in [-0.3, -0.25) is 14.4 Å². The molecule has 1 saturated carbocycles. The fourth-order valence-electron chi connectivity index (χ4n) is 5.04. The van der Waals surface area contributed by atoms with Crippen molar-refractivity contribution < 1.29 is 39.9 Å². The van der Waals surface area contributed by atoms with Gasteiger partial charge in [0.15, 0.2) is 17.1 Å². The number of amides is 1. The van der Waals surface area contributed by atoms with Crippen molar-refractivity contribution in [3.63, 3.8) is 0 Å². The Bertz CT molecular complexity index is 1160. The molecule has 5 atom stereocenters. The second kappa shape index (κ2) is 6.46. The lowest BCUT2D eigenvalue weighted by Crippen LogP contribution is -2.63. The average molecular weight is 451 g/mol. The van der Waals surface area contributed by atoms with Crippen LogP contribution >= 0.6 is 11.6 Å². The Morgan fingerprint density at radius 1 is 1.26 bits per heavy atom. The average Bonchev–Trinajstić information content (AvgIpc) is 2.69. The monoisotopic (exact) mass is 450 g/mol. The van der Waals surface area contributed by atoms with Crippen LogP contribution in [0.2, 0.25) is 5.02 Å². The number of carbonyl (C=O) groups is 3. The Kier molecular flexibility index (Phi) is 4.41. The van der Waals surface area contributed by atoms with E-state index in [1.807, 2.05) is 0 Å². The van der Waals surface area contributed by atoms with E-state index >= 15 is 0 Å². The van der Waals surface area contributed by atoms with E-state index in [0.717, 1.165) is 0 Å². The zero-order chi connectivity index (χ0) is 23.2. The molecule has 1 aromatic carbocycles. The molecule has 0 aliphatic heterocycles. The minimum atomic E-state index is -2.87. The largest absolute Gasteiger partial charge is 0.508 e. The lowest BCUT2D eigenvalue weighted by atomic mass is 9.55. The van der Waals surface area contributed by atoms with Crippen LogP contribution in [0.4, 0.5) is 5.69 Å². The molecular weight excluding hydrogens is 432 g/mol. The normalized spacial score (nSPS) is 32.5. The molecule has 1 fully saturated rings. The van der Waals surface area contributed by atoms with Gasteiger partial charge in [0, 0.05) is 23.8 Å². The number of nitrogen functional groups attached to an aromatic ring is 1. The maximum absolute atomic E-state index is 13.4. The number of phenols is 1. The molecule has 0 radical (unpaired) electrons. The molecule has 0 saturated heterocycles. The topological polar surface area (TPSA) is 204 Å². The number of anilines is 1. The lowest BCUT2D eigenvalue weighted by molar-refractivity contribution is -0.160. The van der Waals surface area contributed by atoms with Gasteiger partial charge in [0.05, 0.1) is 22.4 Å². The molecule has 10 nitrogen and oxygen atoms in total. The minimum Gasteiger partial charge on any atom is -0.508 e. The molecule has 0 bridgehead atoms. The molecule has 0 aromatic heterocycles. The SMILES string of the molecule is CC1c2cc(Cl)c(N)c(O)c2C(O)=C2C(=O)[C@]3(O)C(O)=C(C(N)=O)C(=O)C[C@@H]3C(O)[C@@H]21. The fraction of sp³-hybridized carbons (Fsp3) is 0.350. The van der Waals surface area contributed by atoms with Gasteiger partial charge >= 0.3 is 0 Å². The van der Waals surface area contributed by atoms with E-state index in [-0.39, 0.29) is 16.3 Å². The number of aliphatic hydroxyl groups excluding tert-OH is 3. The van der Waals surface area contributed by atoms with Crippen LogP contribution in [0.1, 0.15) is 30.4 Å². The van der Waals surface area contributed by atoms with Gasteiger partial charge in [0.2, 0.25) is 5.78 Å². The van der Waals surface area contributed by atoms with Crippen molar-refractivity contribution in [2.75, 3.05) is 5.73 Å². The first-order valence-corrected chi connectivity index (χ1v) is 9.69. The number of rotatable bonds is 1. The Morgan fingerprint density at radius 2 is 1.87 bits per heavy atom. The molecule has 31 heavy (non-hydrogen) atoms. The summed E-state index contributed by atoms with van der Waals surface area (Å²) >= 11 is 6.04. The number of aliphatic hydroxyl groups is 4. The number of Topliss-reactive ketones (excluding diaryl/α,β-unsaturated/α-hetero) is 2. The smallest absolute Gasteiger partial charge is 0.255 e. The third-order valence-corrected chi connectivity index (χ3v) is 6.92. The van der Waals surface area contributed by atoms with Crippen LogP contribution in [-0.4, -0.2) is 54.7 Å². The summed E-state index contributed by atoms with van der Waals surface area (Å²) in [5, 5.41) is 54.1. The first kappa shape index (κ1) is 21.2. The van der Waals surface area contributed by atoms with E-state index in [9.17, 15) is 39.9 Å². The Labute approximate surface area is 180 Å². The number of hydrogen-bond donors (Lipinski definition) is 7. The molecule has 2 unspecified atom stereocenters. The van der Waals surface area contributed by atoms with Crippen LogP contribution in [0.15, 0.2) is 23.0 Å². The van der Waals surface area contributed by atoms with Crippen molar-refractivity contribution in [3.8, 4) is 5.75 Å². The predicted molar refractivity (Wildman–Crippen MR) is 107 cm³/mol. The Balaban J connectivity index is 2.04. The minimum absolute atomic E-state index is 0.00740. The van der Waals surface area contributed by atoms with Crippen molar-refractivity contribution >= 4 is 40.5 Å². The van der Waals surface area contributed by atoms with Crippen molar-refractivity contribution in [2.45, 2.75) is 31.0 Å². The van der Waals surface area contributed by atoms with Crippen molar-refractivity contribution in [1.29, 1.82) is 0 Å². The van der Waals surface area contributed by atoms with Gasteiger partial charge in [-0.05, 0) is 17.5 Å². The van der Waals surface area contributed by atoms with E-state index in [0.29, 0.717) is 5.56 Å². The van der Waals surface area contributed by atoms with Gasteiger partial charge in [-0.25, -0.2) is 0 Å². The number of hydrogen-bond acceptors (Lipinski definition) is 9. The number of aromatic hydroxyl groups is 1. The quantitative estimate of drug-likeness (QED) is 0.177. The van der Waals surface area contributed by atoms with E-state index in [1.165, 1.54) is 6.07 Å². The second-order valence-corrected chi connectivity index (χ2v) is 8.48. The first-order chi connectivity index (χ1) is 14.3. The fourth-order valence-corrected chi connectivity index (χ4v) is 5.25. The molecule has 1 aromatic rings. The van der Waals surface area contributed by atoms with Crippen LogP contribution in [0.3, 0.4) is 0 Å². The lowest BCUT2D eigenvalue weighted by Gasteiger charge is -2.50. The zero-order valence-electron chi connectivity index (χ0n) is 16.1. The zero-order valence-corrected chi connectivity index (χ0v) is 16.8. The number of carbonyl (C=O) groups excluding carboxylic acids is 3. The summed E-state index contributed by atoms with van der Waals surface area (Å²) in [4.78, 5) is 37.4. The summed E-state index contributed by atoms with van der Waals surface area (Å²) in [5.74, 6) is -9.46. The van der Waals surface area contributed by atoms with Gasteiger partial charge < -0.3 is 37.0 Å². The Hall–Kier alpha value is -3.08. The molecule has 4 rings (SSSR count). The maximum atomic E-state index is 13.4. The van der Waals surface area contributed by atoms with Gasteiger partial charge in [0.1, 0.15) is 17.1 Å². The summed E-state index contributed by atoms with van der Waals surface area (Å²) in [6, 6.07) is 1.39. The summed E-state index contributed by atoms with van der Waals surface area (Å²) in [6.07, 6.45) is -2.23. The van der Waals surface area contributed by atoms with Crippen LogP contribution in [0.25, 0.3) is 5.76 Å².